The van der Waals surface area contributed by atoms with E-state index in [1.165, 1.54) is 43.1 Å². The molecule has 3 heterocycles. The minimum Gasteiger partial charge on any atom is -0.305 e. The summed E-state index contributed by atoms with van der Waals surface area (Å²) in [5, 5.41) is 3.81. The summed E-state index contributed by atoms with van der Waals surface area (Å²) in [5.41, 5.74) is 8.40. The predicted molar refractivity (Wildman–Crippen MR) is 204 cm³/mol. The van der Waals surface area contributed by atoms with Gasteiger partial charge in [-0.1, -0.05) is 97.8 Å². The van der Waals surface area contributed by atoms with Crippen molar-refractivity contribution in [1.82, 2.24) is 9.97 Å². The molecular weight excluding hydrogens is 816 g/mol. The Kier molecular flexibility index (Phi) is 10.4. The second-order valence-corrected chi connectivity index (χ2v) is 18.8. The second kappa shape index (κ2) is 14.9. The largest absolute Gasteiger partial charge is 0.305 e. The third kappa shape index (κ3) is 7.69. The van der Waals surface area contributed by atoms with Crippen LogP contribution in [-0.4, -0.2) is 18.0 Å². The first kappa shape index (κ1) is 34.3. The fourth-order valence-corrected chi connectivity index (χ4v) is 7.96. The zero-order chi connectivity index (χ0) is 33.1. The summed E-state index contributed by atoms with van der Waals surface area (Å²) in [6.07, 6.45) is 3.88. The van der Waals surface area contributed by atoms with Crippen LogP contribution in [0.15, 0.2) is 146 Å². The van der Waals surface area contributed by atoms with Crippen LogP contribution in [-0.2, 0) is 20.1 Å². The monoisotopic (exact) mass is 849 g/mol. The van der Waals surface area contributed by atoms with Crippen molar-refractivity contribution in [3.05, 3.63) is 164 Å². The van der Waals surface area contributed by atoms with Gasteiger partial charge in [0, 0.05) is 37.2 Å². The topological polar surface area (TPSA) is 25.8 Å². The molecule has 0 amide bonds. The maximum Gasteiger partial charge on any atom is 0.123 e. The Bertz CT molecular complexity index is 2320. The number of fused-ring (bicyclic) bond motifs is 3. The van der Waals surface area contributed by atoms with Gasteiger partial charge in [-0.05, 0) is 73.2 Å². The maximum atomic E-state index is 13.3. The summed E-state index contributed by atoms with van der Waals surface area (Å²) < 4.78 is 15.7. The molecule has 0 unspecified atom stereocenters. The Labute approximate surface area is 305 Å². The second-order valence-electron chi connectivity index (χ2n) is 12.7. The van der Waals surface area contributed by atoms with E-state index < -0.39 is 8.07 Å². The number of aromatic nitrogens is 2. The number of thiophene rings is 1. The van der Waals surface area contributed by atoms with Crippen LogP contribution in [0.3, 0.4) is 0 Å². The van der Waals surface area contributed by atoms with Crippen molar-refractivity contribution in [3.8, 4) is 44.8 Å². The molecule has 0 N–H and O–H groups in total. The summed E-state index contributed by atoms with van der Waals surface area (Å²) in [6, 6.07) is 50.6. The smallest absolute Gasteiger partial charge is 0.123 e. The normalized spacial score (nSPS) is 11.1. The van der Waals surface area contributed by atoms with Gasteiger partial charge in [0.15, 0.2) is 0 Å². The predicted octanol–water partition coefficient (Wildman–Crippen LogP) is 11.5. The Balaban J connectivity index is 0.000000208. The molecule has 0 bridgehead atoms. The molecule has 6 heteroatoms. The van der Waals surface area contributed by atoms with Gasteiger partial charge in [0.1, 0.15) is 5.82 Å². The molecule has 8 aromatic rings. The molecule has 0 atom stereocenters. The Morgan fingerprint density at radius 1 is 0.612 bits per heavy atom. The fourth-order valence-electron chi connectivity index (χ4n) is 5.68. The number of hydrogen-bond acceptors (Lipinski definition) is 3. The average molecular weight is 849 g/mol. The molecule has 0 fully saturated rings. The van der Waals surface area contributed by atoms with Gasteiger partial charge in [0.2, 0.25) is 0 Å². The first-order chi connectivity index (χ1) is 23.3. The maximum absolute atomic E-state index is 13.3. The third-order valence-corrected chi connectivity index (χ3v) is 11.6. The van der Waals surface area contributed by atoms with Gasteiger partial charge in [0.05, 0.1) is 8.07 Å². The quantitative estimate of drug-likeness (QED) is 0.127. The zero-order valence-corrected chi connectivity index (χ0v) is 31.6. The summed E-state index contributed by atoms with van der Waals surface area (Å²) >= 11 is 1.75. The minimum absolute atomic E-state index is 0. The van der Waals surface area contributed by atoms with Crippen molar-refractivity contribution in [1.29, 1.82) is 0 Å². The third-order valence-electron chi connectivity index (χ3n) is 8.35. The first-order valence-electron chi connectivity index (χ1n) is 15.9. The minimum atomic E-state index is -1.23. The van der Waals surface area contributed by atoms with E-state index in [1.807, 2.05) is 79.1 Å². The van der Waals surface area contributed by atoms with Crippen molar-refractivity contribution in [2.24, 2.45) is 0 Å². The molecule has 3 aromatic heterocycles. The van der Waals surface area contributed by atoms with E-state index in [1.54, 1.807) is 11.3 Å². The number of halogens is 1. The van der Waals surface area contributed by atoms with Crippen LogP contribution in [0.5, 0.6) is 0 Å². The van der Waals surface area contributed by atoms with E-state index in [-0.39, 0.29) is 25.9 Å². The first-order valence-corrected chi connectivity index (χ1v) is 20.2. The van der Waals surface area contributed by atoms with E-state index in [0.717, 1.165) is 39.2 Å². The molecular formula is C43H33FIrN2SSi-2. The van der Waals surface area contributed by atoms with E-state index in [2.05, 4.69) is 96.3 Å². The average Bonchev–Trinajstić information content (AvgIpc) is 3.51. The van der Waals surface area contributed by atoms with E-state index in [4.69, 9.17) is 0 Å². The SMILES string of the molecule is C[Si](C)(C)c1ccc(-c2[c-]cccc2)nc1.Fc1ccc(-c2ccc3c(c2)sc2c(-c4cc(-c5ccccc5)ccn4)[c-]ccc23)cc1.[Ir]. The van der Waals surface area contributed by atoms with Crippen LogP contribution in [0.1, 0.15) is 0 Å². The molecule has 2 nitrogen and oxygen atoms in total. The Morgan fingerprint density at radius 2 is 1.35 bits per heavy atom. The summed E-state index contributed by atoms with van der Waals surface area (Å²) in [6.45, 7) is 7.00. The van der Waals surface area contributed by atoms with Crippen LogP contribution in [0.2, 0.25) is 19.6 Å². The fraction of sp³-hybridized carbons (Fsp3) is 0.0698. The molecule has 243 valence electrons. The van der Waals surface area contributed by atoms with E-state index in [9.17, 15) is 4.39 Å². The van der Waals surface area contributed by atoms with Crippen molar-refractivity contribution in [3.63, 3.8) is 0 Å². The zero-order valence-electron chi connectivity index (χ0n) is 27.4. The van der Waals surface area contributed by atoms with Gasteiger partial charge in [-0.15, -0.1) is 59.7 Å². The molecule has 0 aliphatic rings. The molecule has 8 rings (SSSR count). The van der Waals surface area contributed by atoms with Crippen molar-refractivity contribution >= 4 is 44.8 Å². The Morgan fingerprint density at radius 3 is 2.06 bits per heavy atom. The summed E-state index contributed by atoms with van der Waals surface area (Å²) in [7, 11) is -1.23. The molecule has 0 spiro atoms. The molecule has 0 saturated carbocycles. The van der Waals surface area contributed by atoms with Gasteiger partial charge in [-0.25, -0.2) is 4.39 Å². The standard InChI is InChI=1S/C29H17FNS.C14H16NSi.Ir/c30-23-12-9-20(10-13-23)21-11-14-24-25-7-4-8-26(29(25)32-28(24)18-21)27-17-22(15-16-31-27)19-5-2-1-3-6-19;1-16(2,3)13-9-10-14(15-11-13)12-7-5-4-6-8-12;/h1-7,9-18H;4-7,9-11H,1-3H3;/q2*-1;. The van der Waals surface area contributed by atoms with Crippen LogP contribution in [0.4, 0.5) is 4.39 Å². The van der Waals surface area contributed by atoms with E-state index >= 15 is 0 Å². The molecule has 0 aliphatic heterocycles. The number of rotatable bonds is 5. The number of hydrogen-bond donors (Lipinski definition) is 0. The number of pyridine rings is 2. The molecule has 0 saturated heterocycles. The Hall–Kier alpha value is -4.58. The van der Waals surface area contributed by atoms with E-state index in [0.29, 0.717) is 0 Å². The van der Waals surface area contributed by atoms with Crippen molar-refractivity contribution < 1.29 is 24.5 Å². The van der Waals surface area contributed by atoms with Crippen LogP contribution >= 0.6 is 11.3 Å². The van der Waals surface area contributed by atoms with Gasteiger partial charge < -0.3 is 9.97 Å². The van der Waals surface area contributed by atoms with Crippen LogP contribution in [0, 0.1) is 17.9 Å². The van der Waals surface area contributed by atoms with Gasteiger partial charge in [0.25, 0.3) is 0 Å². The number of benzene rings is 5. The van der Waals surface area contributed by atoms with Gasteiger partial charge in [-0.3, -0.25) is 0 Å². The molecule has 1 radical (unpaired) electrons. The van der Waals surface area contributed by atoms with Gasteiger partial charge >= 0.3 is 0 Å². The summed E-state index contributed by atoms with van der Waals surface area (Å²) in [4.78, 5) is 9.19. The molecule has 49 heavy (non-hydrogen) atoms. The van der Waals surface area contributed by atoms with Crippen LogP contribution in [0.25, 0.3) is 64.9 Å². The molecule has 0 aliphatic carbocycles. The molecule has 5 aromatic carbocycles. The summed E-state index contributed by atoms with van der Waals surface area (Å²) in [5.74, 6) is -0.220. The van der Waals surface area contributed by atoms with Gasteiger partial charge in [-0.2, -0.15) is 11.3 Å². The number of nitrogens with zero attached hydrogens (tertiary/aromatic N) is 2. The van der Waals surface area contributed by atoms with Crippen molar-refractivity contribution in [2.75, 3.05) is 0 Å². The van der Waals surface area contributed by atoms with Crippen LogP contribution < -0.4 is 5.19 Å². The van der Waals surface area contributed by atoms with Crippen molar-refractivity contribution in [2.45, 2.75) is 19.6 Å².